The van der Waals surface area contributed by atoms with Crippen molar-refractivity contribution in [3.05, 3.63) is 78.1 Å². The second kappa shape index (κ2) is 7.12. The molecule has 4 aromatic rings. The highest BCUT2D eigenvalue weighted by Gasteiger charge is 2.29. The van der Waals surface area contributed by atoms with Gasteiger partial charge in [-0.15, -0.1) is 0 Å². The van der Waals surface area contributed by atoms with Gasteiger partial charge in [0.25, 0.3) is 0 Å². The van der Waals surface area contributed by atoms with E-state index in [0.29, 0.717) is 6.54 Å². The largest absolute Gasteiger partial charge is 0.355 e. The van der Waals surface area contributed by atoms with Gasteiger partial charge in [-0.25, -0.2) is 4.98 Å². The lowest BCUT2D eigenvalue weighted by atomic mass is 10.1. The quantitative estimate of drug-likeness (QED) is 0.551. The zero-order valence-electron chi connectivity index (χ0n) is 15.8. The molecular weight excluding hydrogens is 346 g/mol. The van der Waals surface area contributed by atoms with Gasteiger partial charge < -0.3 is 9.88 Å². The van der Waals surface area contributed by atoms with Gasteiger partial charge in [0.15, 0.2) is 0 Å². The number of nitrogens with zero attached hydrogens (tertiary/aromatic N) is 2. The highest BCUT2D eigenvalue weighted by Crippen LogP contribution is 2.28. The molecule has 5 rings (SSSR count). The molecule has 1 aliphatic carbocycles. The summed E-state index contributed by atoms with van der Waals surface area (Å²) in [7, 11) is 0. The number of hydrogen-bond donors (Lipinski definition) is 1. The Labute approximate surface area is 164 Å². The standard InChI is InChI=1S/C24H23N3O/c28-24(19-11-12-19)25-14-13-23-26-21-7-3-4-8-22(21)27(23)16-17-9-10-18-5-1-2-6-20(18)15-17/h1-10,15,19H,11-14,16H2,(H,25,28). The van der Waals surface area contributed by atoms with Gasteiger partial charge in [-0.2, -0.15) is 0 Å². The lowest BCUT2D eigenvalue weighted by Crippen LogP contribution is -2.27. The fourth-order valence-corrected chi connectivity index (χ4v) is 3.80. The molecule has 3 aromatic carbocycles. The number of aromatic nitrogens is 2. The Bertz CT molecular complexity index is 1160. The SMILES string of the molecule is O=C(NCCc1nc2ccccc2n1Cc1ccc2ccccc2c1)C1CC1. The van der Waals surface area contributed by atoms with Crippen molar-refractivity contribution in [3.8, 4) is 0 Å². The molecule has 1 aromatic heterocycles. The number of imidazole rings is 1. The van der Waals surface area contributed by atoms with Crippen LogP contribution in [-0.2, 0) is 17.8 Å². The minimum atomic E-state index is 0.192. The highest BCUT2D eigenvalue weighted by molar-refractivity contribution is 5.83. The molecule has 1 heterocycles. The van der Waals surface area contributed by atoms with Gasteiger partial charge in [0, 0.05) is 25.4 Å². The second-order valence-corrected chi connectivity index (χ2v) is 7.60. The minimum Gasteiger partial charge on any atom is -0.355 e. The van der Waals surface area contributed by atoms with Crippen LogP contribution in [-0.4, -0.2) is 22.0 Å². The van der Waals surface area contributed by atoms with Crippen molar-refractivity contribution >= 4 is 27.7 Å². The van der Waals surface area contributed by atoms with Crippen LogP contribution in [0.5, 0.6) is 0 Å². The first-order valence-electron chi connectivity index (χ1n) is 9.97. The van der Waals surface area contributed by atoms with E-state index < -0.39 is 0 Å². The summed E-state index contributed by atoms with van der Waals surface area (Å²) in [5.41, 5.74) is 3.40. The number of fused-ring (bicyclic) bond motifs is 2. The third kappa shape index (κ3) is 3.38. The summed E-state index contributed by atoms with van der Waals surface area (Å²) in [5, 5.41) is 5.57. The van der Waals surface area contributed by atoms with Gasteiger partial charge in [0.2, 0.25) is 5.91 Å². The summed E-state index contributed by atoms with van der Waals surface area (Å²) >= 11 is 0. The normalized spacial score (nSPS) is 13.9. The van der Waals surface area contributed by atoms with Crippen LogP contribution in [0, 0.1) is 5.92 Å². The number of amides is 1. The number of para-hydroxylation sites is 2. The number of hydrogen-bond acceptors (Lipinski definition) is 2. The van der Waals surface area contributed by atoms with E-state index in [1.807, 2.05) is 6.07 Å². The molecule has 1 saturated carbocycles. The van der Waals surface area contributed by atoms with Gasteiger partial charge in [-0.1, -0.05) is 48.5 Å². The van der Waals surface area contributed by atoms with Gasteiger partial charge in [0.1, 0.15) is 5.82 Å². The molecule has 0 bridgehead atoms. The average Bonchev–Trinajstić information content (AvgIpc) is 3.52. The minimum absolute atomic E-state index is 0.192. The van der Waals surface area contributed by atoms with E-state index in [1.54, 1.807) is 0 Å². The Kier molecular flexibility index (Phi) is 4.32. The zero-order chi connectivity index (χ0) is 18.9. The summed E-state index contributed by atoms with van der Waals surface area (Å²) in [6, 6.07) is 23.3. The molecule has 4 heteroatoms. The Hall–Kier alpha value is -3.14. The Morgan fingerprint density at radius 1 is 1.00 bits per heavy atom. The van der Waals surface area contributed by atoms with Crippen LogP contribution in [0.4, 0.5) is 0 Å². The topological polar surface area (TPSA) is 46.9 Å². The highest BCUT2D eigenvalue weighted by atomic mass is 16.2. The Morgan fingerprint density at radius 2 is 1.79 bits per heavy atom. The first kappa shape index (κ1) is 17.0. The van der Waals surface area contributed by atoms with Crippen LogP contribution < -0.4 is 5.32 Å². The third-order valence-electron chi connectivity index (χ3n) is 5.48. The summed E-state index contributed by atoms with van der Waals surface area (Å²) in [6.45, 7) is 1.41. The molecule has 0 atom stereocenters. The molecule has 28 heavy (non-hydrogen) atoms. The maximum Gasteiger partial charge on any atom is 0.223 e. The number of carbonyl (C=O) groups is 1. The van der Waals surface area contributed by atoms with E-state index in [2.05, 4.69) is 70.5 Å². The van der Waals surface area contributed by atoms with Crippen LogP contribution in [0.3, 0.4) is 0 Å². The van der Waals surface area contributed by atoms with Crippen LogP contribution in [0.1, 0.15) is 24.2 Å². The van der Waals surface area contributed by atoms with E-state index >= 15 is 0 Å². The summed E-state index contributed by atoms with van der Waals surface area (Å²) < 4.78 is 2.28. The monoisotopic (exact) mass is 369 g/mol. The first-order chi connectivity index (χ1) is 13.8. The lowest BCUT2D eigenvalue weighted by molar-refractivity contribution is -0.122. The van der Waals surface area contributed by atoms with Crippen molar-refractivity contribution in [2.45, 2.75) is 25.8 Å². The summed E-state index contributed by atoms with van der Waals surface area (Å²) in [4.78, 5) is 16.8. The van der Waals surface area contributed by atoms with E-state index in [1.165, 1.54) is 16.3 Å². The smallest absolute Gasteiger partial charge is 0.223 e. The van der Waals surface area contributed by atoms with E-state index in [0.717, 1.165) is 42.7 Å². The maximum atomic E-state index is 11.9. The number of nitrogens with one attached hydrogen (secondary N) is 1. The lowest BCUT2D eigenvalue weighted by Gasteiger charge is -2.11. The number of benzene rings is 3. The van der Waals surface area contributed by atoms with Crippen LogP contribution in [0.25, 0.3) is 21.8 Å². The molecule has 0 radical (unpaired) electrons. The number of carbonyl (C=O) groups excluding carboxylic acids is 1. The molecule has 1 fully saturated rings. The van der Waals surface area contributed by atoms with Crippen LogP contribution in [0.15, 0.2) is 66.7 Å². The van der Waals surface area contributed by atoms with E-state index in [9.17, 15) is 4.79 Å². The Morgan fingerprint density at radius 3 is 2.64 bits per heavy atom. The predicted molar refractivity (Wildman–Crippen MR) is 112 cm³/mol. The molecule has 1 aliphatic rings. The first-order valence-corrected chi connectivity index (χ1v) is 9.97. The van der Waals surface area contributed by atoms with Gasteiger partial charge >= 0.3 is 0 Å². The fraction of sp³-hybridized carbons (Fsp3) is 0.250. The number of rotatable bonds is 6. The second-order valence-electron chi connectivity index (χ2n) is 7.60. The molecule has 0 aliphatic heterocycles. The molecular formula is C24H23N3O. The van der Waals surface area contributed by atoms with E-state index in [4.69, 9.17) is 4.98 Å². The van der Waals surface area contributed by atoms with E-state index in [-0.39, 0.29) is 11.8 Å². The van der Waals surface area contributed by atoms with Crippen molar-refractivity contribution in [2.24, 2.45) is 5.92 Å². The summed E-state index contributed by atoms with van der Waals surface area (Å²) in [5.74, 6) is 1.46. The van der Waals surface area contributed by atoms with Gasteiger partial charge in [-0.05, 0) is 47.4 Å². The molecule has 4 nitrogen and oxygen atoms in total. The molecule has 0 saturated heterocycles. The third-order valence-corrected chi connectivity index (χ3v) is 5.48. The average molecular weight is 369 g/mol. The van der Waals surface area contributed by atoms with Crippen LogP contribution in [0.2, 0.25) is 0 Å². The van der Waals surface area contributed by atoms with Crippen molar-refractivity contribution in [1.82, 2.24) is 14.9 Å². The van der Waals surface area contributed by atoms with Gasteiger partial charge in [0.05, 0.1) is 11.0 Å². The molecule has 0 unspecified atom stereocenters. The zero-order valence-corrected chi connectivity index (χ0v) is 15.8. The van der Waals surface area contributed by atoms with Crippen molar-refractivity contribution in [3.63, 3.8) is 0 Å². The molecule has 0 spiro atoms. The molecule has 140 valence electrons. The molecule has 1 amide bonds. The summed E-state index contributed by atoms with van der Waals surface area (Å²) in [6.07, 6.45) is 2.80. The Balaban J connectivity index is 1.43. The predicted octanol–water partition coefficient (Wildman–Crippen LogP) is 4.31. The van der Waals surface area contributed by atoms with Gasteiger partial charge in [-0.3, -0.25) is 4.79 Å². The maximum absolute atomic E-state index is 11.9. The van der Waals surface area contributed by atoms with Crippen LogP contribution >= 0.6 is 0 Å². The van der Waals surface area contributed by atoms with Crippen molar-refractivity contribution in [2.75, 3.05) is 6.54 Å². The molecule has 1 N–H and O–H groups in total. The van der Waals surface area contributed by atoms with Crippen molar-refractivity contribution < 1.29 is 4.79 Å². The fourth-order valence-electron chi connectivity index (χ4n) is 3.80. The van der Waals surface area contributed by atoms with Crippen molar-refractivity contribution in [1.29, 1.82) is 0 Å².